The lowest BCUT2D eigenvalue weighted by Crippen LogP contribution is -2.01. The molecule has 0 aliphatic heterocycles. The van der Waals surface area contributed by atoms with Gasteiger partial charge in [0, 0.05) is 5.56 Å². The van der Waals surface area contributed by atoms with E-state index in [1.165, 1.54) is 12.1 Å². The summed E-state index contributed by atoms with van der Waals surface area (Å²) in [6, 6.07) is 13.3. The molecule has 0 bridgehead atoms. The topological polar surface area (TPSA) is 26.3 Å². The predicted molar refractivity (Wildman–Crippen MR) is 63.9 cm³/mol. The highest BCUT2D eigenvalue weighted by Crippen LogP contribution is 2.25. The fourth-order valence-corrected chi connectivity index (χ4v) is 1.64. The van der Waals surface area contributed by atoms with Crippen LogP contribution in [0.15, 0.2) is 48.5 Å². The number of carbonyl (C=O) groups excluding carboxylic acids is 1. The summed E-state index contributed by atoms with van der Waals surface area (Å²) in [6.07, 6.45) is 0.739. The minimum absolute atomic E-state index is 0.0963. The Bertz CT molecular complexity index is 553. The molecule has 4 heteroatoms. The monoisotopic (exact) mass is 248 g/mol. The number of halogens is 2. The van der Waals surface area contributed by atoms with E-state index in [-0.39, 0.29) is 5.75 Å². The highest BCUT2D eigenvalue weighted by Gasteiger charge is 2.05. The molecule has 0 aliphatic carbocycles. The highest BCUT2D eigenvalue weighted by molar-refractivity contribution is 5.79. The zero-order valence-electron chi connectivity index (χ0n) is 9.35. The average Bonchev–Trinajstić information content (AvgIpc) is 2.38. The summed E-state index contributed by atoms with van der Waals surface area (Å²) in [4.78, 5) is 10.7. The molecule has 0 amide bonds. The first-order chi connectivity index (χ1) is 8.69. The molecule has 0 saturated heterocycles. The minimum atomic E-state index is -2.85. The summed E-state index contributed by atoms with van der Waals surface area (Å²) in [5.41, 5.74) is 2.03. The van der Waals surface area contributed by atoms with Crippen LogP contribution in [0.5, 0.6) is 5.75 Å². The minimum Gasteiger partial charge on any atom is -0.435 e. The molecule has 92 valence electrons. The van der Waals surface area contributed by atoms with Gasteiger partial charge in [-0.25, -0.2) is 0 Å². The van der Waals surface area contributed by atoms with E-state index in [1.54, 1.807) is 36.4 Å². The van der Waals surface area contributed by atoms with E-state index in [2.05, 4.69) is 4.74 Å². The van der Waals surface area contributed by atoms with Gasteiger partial charge in [-0.05, 0) is 29.3 Å². The number of carbonyl (C=O) groups is 1. The second kappa shape index (κ2) is 5.40. The normalized spacial score (nSPS) is 10.4. The number of benzene rings is 2. The first-order valence-corrected chi connectivity index (χ1v) is 5.29. The third-order valence-electron chi connectivity index (χ3n) is 2.42. The lowest BCUT2D eigenvalue weighted by Gasteiger charge is -2.07. The fourth-order valence-electron chi connectivity index (χ4n) is 1.64. The summed E-state index contributed by atoms with van der Waals surface area (Å²) in [7, 11) is 0. The van der Waals surface area contributed by atoms with Crippen LogP contribution in [-0.4, -0.2) is 12.9 Å². The van der Waals surface area contributed by atoms with E-state index >= 15 is 0 Å². The van der Waals surface area contributed by atoms with Crippen LogP contribution in [0.4, 0.5) is 8.78 Å². The standard InChI is InChI=1S/C14H10F2O2/c15-14(16)18-13-6-2-5-12(8-13)11-4-1-3-10(7-11)9-17/h1-9,14H. The maximum Gasteiger partial charge on any atom is 0.387 e. The second-order valence-electron chi connectivity index (χ2n) is 3.65. The van der Waals surface area contributed by atoms with E-state index in [0.29, 0.717) is 5.56 Å². The van der Waals surface area contributed by atoms with Crippen LogP contribution in [-0.2, 0) is 0 Å². The third-order valence-corrected chi connectivity index (χ3v) is 2.42. The SMILES string of the molecule is O=Cc1cccc(-c2cccc(OC(F)F)c2)c1. The second-order valence-corrected chi connectivity index (χ2v) is 3.65. The van der Waals surface area contributed by atoms with Crippen molar-refractivity contribution in [2.75, 3.05) is 0 Å². The van der Waals surface area contributed by atoms with Crippen LogP contribution in [0.3, 0.4) is 0 Å². The first kappa shape index (κ1) is 12.2. The van der Waals surface area contributed by atoms with Crippen LogP contribution >= 0.6 is 0 Å². The Morgan fingerprint density at radius 2 is 1.67 bits per heavy atom. The third kappa shape index (κ3) is 2.91. The molecule has 0 atom stereocenters. The van der Waals surface area contributed by atoms with Gasteiger partial charge in [0.25, 0.3) is 0 Å². The van der Waals surface area contributed by atoms with Gasteiger partial charge in [0.15, 0.2) is 0 Å². The van der Waals surface area contributed by atoms with Gasteiger partial charge in [-0.1, -0.05) is 30.3 Å². The summed E-state index contributed by atoms with van der Waals surface area (Å²) in [5, 5.41) is 0. The quantitative estimate of drug-likeness (QED) is 0.770. The van der Waals surface area contributed by atoms with E-state index in [1.807, 2.05) is 0 Å². The van der Waals surface area contributed by atoms with Gasteiger partial charge in [-0.3, -0.25) is 4.79 Å². The van der Waals surface area contributed by atoms with Crippen molar-refractivity contribution in [3.8, 4) is 16.9 Å². The van der Waals surface area contributed by atoms with Gasteiger partial charge in [-0.15, -0.1) is 0 Å². The molecule has 0 spiro atoms. The van der Waals surface area contributed by atoms with Gasteiger partial charge in [0.05, 0.1) is 0 Å². The van der Waals surface area contributed by atoms with Gasteiger partial charge >= 0.3 is 6.61 Å². The van der Waals surface area contributed by atoms with Crippen molar-refractivity contribution in [3.05, 3.63) is 54.1 Å². The molecule has 0 heterocycles. The number of rotatable bonds is 4. The molecule has 18 heavy (non-hydrogen) atoms. The first-order valence-electron chi connectivity index (χ1n) is 5.29. The Hall–Kier alpha value is -2.23. The molecule has 0 aliphatic rings. The number of alkyl halides is 2. The maximum absolute atomic E-state index is 12.1. The van der Waals surface area contributed by atoms with Crippen molar-refractivity contribution in [1.29, 1.82) is 0 Å². The van der Waals surface area contributed by atoms with E-state index in [0.717, 1.165) is 17.4 Å². The molecule has 0 saturated carbocycles. The smallest absolute Gasteiger partial charge is 0.387 e. The van der Waals surface area contributed by atoms with Crippen LogP contribution in [0.25, 0.3) is 11.1 Å². The van der Waals surface area contributed by atoms with E-state index < -0.39 is 6.61 Å². The van der Waals surface area contributed by atoms with Crippen molar-refractivity contribution in [3.63, 3.8) is 0 Å². The average molecular weight is 248 g/mol. The Balaban J connectivity index is 2.34. The molecule has 2 nitrogen and oxygen atoms in total. The molecular weight excluding hydrogens is 238 g/mol. The Morgan fingerprint density at radius 3 is 2.33 bits per heavy atom. The Morgan fingerprint density at radius 1 is 1.00 bits per heavy atom. The molecule has 2 rings (SSSR count). The van der Waals surface area contributed by atoms with Crippen LogP contribution in [0.2, 0.25) is 0 Å². The molecule has 0 fully saturated rings. The summed E-state index contributed by atoms with van der Waals surface area (Å²) < 4.78 is 28.5. The highest BCUT2D eigenvalue weighted by atomic mass is 19.3. The molecule has 0 N–H and O–H groups in total. The van der Waals surface area contributed by atoms with Crippen molar-refractivity contribution < 1.29 is 18.3 Å². The zero-order chi connectivity index (χ0) is 13.0. The largest absolute Gasteiger partial charge is 0.435 e. The maximum atomic E-state index is 12.1. The van der Waals surface area contributed by atoms with Gasteiger partial charge < -0.3 is 4.74 Å². The number of hydrogen-bond acceptors (Lipinski definition) is 2. The van der Waals surface area contributed by atoms with Crippen LogP contribution in [0.1, 0.15) is 10.4 Å². The lowest BCUT2D eigenvalue weighted by atomic mass is 10.0. The van der Waals surface area contributed by atoms with Crippen molar-refractivity contribution >= 4 is 6.29 Å². The Labute approximate surface area is 103 Å². The van der Waals surface area contributed by atoms with Gasteiger partial charge in [0.2, 0.25) is 0 Å². The predicted octanol–water partition coefficient (Wildman–Crippen LogP) is 3.77. The molecule has 0 radical (unpaired) electrons. The molecular formula is C14H10F2O2. The summed E-state index contributed by atoms with van der Waals surface area (Å²) in [5.74, 6) is 0.0963. The van der Waals surface area contributed by atoms with Crippen LogP contribution < -0.4 is 4.74 Å². The Kier molecular flexibility index (Phi) is 3.67. The molecule has 2 aromatic carbocycles. The van der Waals surface area contributed by atoms with Gasteiger partial charge in [0.1, 0.15) is 12.0 Å². The fraction of sp³-hybridized carbons (Fsp3) is 0.0714. The van der Waals surface area contributed by atoms with Gasteiger partial charge in [-0.2, -0.15) is 8.78 Å². The van der Waals surface area contributed by atoms with Crippen molar-refractivity contribution in [2.24, 2.45) is 0 Å². The van der Waals surface area contributed by atoms with Crippen LogP contribution in [0, 0.1) is 0 Å². The molecule has 2 aromatic rings. The number of ether oxygens (including phenoxy) is 1. The summed E-state index contributed by atoms with van der Waals surface area (Å²) in [6.45, 7) is -2.85. The van der Waals surface area contributed by atoms with E-state index in [4.69, 9.17) is 0 Å². The van der Waals surface area contributed by atoms with E-state index in [9.17, 15) is 13.6 Å². The summed E-state index contributed by atoms with van der Waals surface area (Å²) >= 11 is 0. The number of hydrogen-bond donors (Lipinski definition) is 0. The van der Waals surface area contributed by atoms with Crippen molar-refractivity contribution in [1.82, 2.24) is 0 Å². The molecule has 0 aromatic heterocycles. The molecule has 0 unspecified atom stereocenters. The number of aldehydes is 1. The lowest BCUT2D eigenvalue weighted by molar-refractivity contribution is -0.0498. The zero-order valence-corrected chi connectivity index (χ0v) is 9.35. The van der Waals surface area contributed by atoms with Crippen molar-refractivity contribution in [2.45, 2.75) is 6.61 Å².